The molecule has 104 valence electrons. The van der Waals surface area contributed by atoms with Crippen molar-refractivity contribution in [2.45, 2.75) is 13.5 Å². The highest BCUT2D eigenvalue weighted by molar-refractivity contribution is 14.1. The van der Waals surface area contributed by atoms with Crippen LogP contribution in [0.3, 0.4) is 0 Å². The molecule has 3 nitrogen and oxygen atoms in total. The van der Waals surface area contributed by atoms with Crippen LogP contribution in [0.1, 0.15) is 21.5 Å². The van der Waals surface area contributed by atoms with Crippen LogP contribution in [0.15, 0.2) is 42.5 Å². The SMILES string of the molecule is Cc1cccc(C(=O)N(C)Cc2ccccc2N)c1I. The third kappa shape index (κ3) is 3.12. The number of hydrogen-bond donors (Lipinski definition) is 1. The molecule has 2 N–H and O–H groups in total. The molecular weight excluding hydrogens is 363 g/mol. The molecule has 0 unspecified atom stereocenters. The van der Waals surface area contributed by atoms with Crippen molar-refractivity contribution in [2.75, 3.05) is 12.8 Å². The molecule has 2 rings (SSSR count). The molecule has 0 aliphatic carbocycles. The van der Waals surface area contributed by atoms with E-state index in [0.29, 0.717) is 12.2 Å². The van der Waals surface area contributed by atoms with Gasteiger partial charge in [-0.1, -0.05) is 30.3 Å². The molecule has 0 saturated heterocycles. The minimum Gasteiger partial charge on any atom is -0.398 e. The molecule has 0 bridgehead atoms. The van der Waals surface area contributed by atoms with Crippen molar-refractivity contribution in [1.82, 2.24) is 4.90 Å². The average molecular weight is 380 g/mol. The lowest BCUT2D eigenvalue weighted by Gasteiger charge is -2.19. The normalized spacial score (nSPS) is 10.3. The number of nitrogens with two attached hydrogens (primary N) is 1. The molecule has 20 heavy (non-hydrogen) atoms. The van der Waals surface area contributed by atoms with E-state index in [9.17, 15) is 4.79 Å². The van der Waals surface area contributed by atoms with Gasteiger partial charge in [-0.05, 0) is 52.8 Å². The number of halogens is 1. The summed E-state index contributed by atoms with van der Waals surface area (Å²) in [6.07, 6.45) is 0. The molecule has 0 spiro atoms. The Balaban J connectivity index is 2.21. The molecule has 1 amide bonds. The van der Waals surface area contributed by atoms with Crippen LogP contribution in [-0.2, 0) is 6.54 Å². The summed E-state index contributed by atoms with van der Waals surface area (Å²) in [5, 5.41) is 0. The van der Waals surface area contributed by atoms with Crippen molar-refractivity contribution in [2.24, 2.45) is 0 Å². The number of benzene rings is 2. The average Bonchev–Trinajstić information content (AvgIpc) is 2.43. The van der Waals surface area contributed by atoms with Gasteiger partial charge in [0, 0.05) is 22.8 Å². The van der Waals surface area contributed by atoms with Crippen LogP contribution in [0.25, 0.3) is 0 Å². The van der Waals surface area contributed by atoms with Gasteiger partial charge in [-0.2, -0.15) is 0 Å². The molecule has 2 aromatic carbocycles. The molecule has 0 radical (unpaired) electrons. The molecule has 2 aromatic rings. The third-order valence-corrected chi connectivity index (χ3v) is 4.66. The molecule has 0 atom stereocenters. The molecule has 0 aliphatic heterocycles. The monoisotopic (exact) mass is 380 g/mol. The van der Waals surface area contributed by atoms with Gasteiger partial charge in [0.05, 0.1) is 5.56 Å². The zero-order valence-electron chi connectivity index (χ0n) is 11.6. The number of nitrogen functional groups attached to an aromatic ring is 1. The van der Waals surface area contributed by atoms with Gasteiger partial charge in [-0.15, -0.1) is 0 Å². The number of carbonyl (C=O) groups is 1. The summed E-state index contributed by atoms with van der Waals surface area (Å²) >= 11 is 2.22. The minimum absolute atomic E-state index is 0.0151. The first-order chi connectivity index (χ1) is 9.50. The zero-order chi connectivity index (χ0) is 14.7. The molecule has 0 fully saturated rings. The largest absolute Gasteiger partial charge is 0.398 e. The zero-order valence-corrected chi connectivity index (χ0v) is 13.7. The van der Waals surface area contributed by atoms with E-state index in [-0.39, 0.29) is 5.91 Å². The lowest BCUT2D eigenvalue weighted by atomic mass is 10.1. The van der Waals surface area contributed by atoms with E-state index < -0.39 is 0 Å². The van der Waals surface area contributed by atoms with E-state index in [1.807, 2.05) is 49.4 Å². The van der Waals surface area contributed by atoms with E-state index in [0.717, 1.165) is 20.3 Å². The molecule has 0 aromatic heterocycles. The van der Waals surface area contributed by atoms with Crippen LogP contribution in [0.5, 0.6) is 0 Å². The van der Waals surface area contributed by atoms with Crippen molar-refractivity contribution in [3.8, 4) is 0 Å². The fourth-order valence-electron chi connectivity index (χ4n) is 2.02. The van der Waals surface area contributed by atoms with E-state index in [1.54, 1.807) is 11.9 Å². The second-order valence-corrected chi connectivity index (χ2v) is 5.88. The van der Waals surface area contributed by atoms with Crippen LogP contribution in [-0.4, -0.2) is 17.9 Å². The smallest absolute Gasteiger partial charge is 0.254 e. The van der Waals surface area contributed by atoms with Crippen molar-refractivity contribution in [3.63, 3.8) is 0 Å². The third-order valence-electron chi connectivity index (χ3n) is 3.23. The van der Waals surface area contributed by atoms with E-state index in [4.69, 9.17) is 5.73 Å². The topological polar surface area (TPSA) is 46.3 Å². The first-order valence-electron chi connectivity index (χ1n) is 6.34. The number of carbonyl (C=O) groups excluding carboxylic acids is 1. The molecule has 0 heterocycles. The number of nitrogens with zero attached hydrogens (tertiary/aromatic N) is 1. The number of para-hydroxylation sites is 1. The van der Waals surface area contributed by atoms with Gasteiger partial charge in [0.25, 0.3) is 5.91 Å². The second-order valence-electron chi connectivity index (χ2n) is 4.80. The molecular formula is C16H17IN2O. The summed E-state index contributed by atoms with van der Waals surface area (Å²) in [7, 11) is 1.80. The standard InChI is InChI=1S/C16H17IN2O/c1-11-6-5-8-13(15(11)17)16(20)19(2)10-12-7-3-4-9-14(12)18/h3-9H,10,18H2,1-2H3. The maximum atomic E-state index is 12.5. The van der Waals surface area contributed by atoms with Crippen LogP contribution in [0.4, 0.5) is 5.69 Å². The quantitative estimate of drug-likeness (QED) is 0.655. The minimum atomic E-state index is 0.0151. The molecule has 0 saturated carbocycles. The Bertz CT molecular complexity index is 640. The summed E-state index contributed by atoms with van der Waals surface area (Å²) in [6, 6.07) is 13.4. The van der Waals surface area contributed by atoms with Crippen molar-refractivity contribution in [1.29, 1.82) is 0 Å². The van der Waals surface area contributed by atoms with Gasteiger partial charge in [-0.3, -0.25) is 4.79 Å². The number of rotatable bonds is 3. The Kier molecular flexibility index (Phi) is 4.65. The number of amides is 1. The molecule has 4 heteroatoms. The predicted octanol–water partition coefficient (Wildman–Crippen LogP) is 3.45. The van der Waals surface area contributed by atoms with E-state index in [2.05, 4.69) is 22.6 Å². The van der Waals surface area contributed by atoms with E-state index in [1.165, 1.54) is 0 Å². The number of anilines is 1. The highest BCUT2D eigenvalue weighted by atomic mass is 127. The lowest BCUT2D eigenvalue weighted by Crippen LogP contribution is -2.27. The summed E-state index contributed by atoms with van der Waals surface area (Å²) in [6.45, 7) is 2.52. The highest BCUT2D eigenvalue weighted by Gasteiger charge is 2.16. The maximum absolute atomic E-state index is 12.5. The number of hydrogen-bond acceptors (Lipinski definition) is 2. The van der Waals surface area contributed by atoms with Crippen molar-refractivity contribution < 1.29 is 4.79 Å². The number of aryl methyl sites for hydroxylation is 1. The van der Waals surface area contributed by atoms with Crippen LogP contribution < -0.4 is 5.73 Å². The Morgan fingerprint density at radius 1 is 1.20 bits per heavy atom. The van der Waals surface area contributed by atoms with Gasteiger partial charge in [-0.25, -0.2) is 0 Å². The first-order valence-corrected chi connectivity index (χ1v) is 7.42. The fourth-order valence-corrected chi connectivity index (χ4v) is 2.61. The van der Waals surface area contributed by atoms with Gasteiger partial charge in [0.2, 0.25) is 0 Å². The Morgan fingerprint density at radius 3 is 2.60 bits per heavy atom. The second kappa shape index (κ2) is 6.26. The van der Waals surface area contributed by atoms with Crippen molar-refractivity contribution >= 4 is 34.2 Å². The Hall–Kier alpha value is -1.56. The fraction of sp³-hybridized carbons (Fsp3) is 0.188. The Labute approximate surface area is 132 Å². The van der Waals surface area contributed by atoms with Gasteiger partial charge in [0.1, 0.15) is 0 Å². The lowest BCUT2D eigenvalue weighted by molar-refractivity contribution is 0.0784. The van der Waals surface area contributed by atoms with Crippen molar-refractivity contribution in [3.05, 3.63) is 62.7 Å². The summed E-state index contributed by atoms with van der Waals surface area (Å²) in [5.74, 6) is 0.0151. The molecule has 0 aliphatic rings. The predicted molar refractivity (Wildman–Crippen MR) is 90.5 cm³/mol. The van der Waals surface area contributed by atoms with Crippen LogP contribution in [0.2, 0.25) is 0 Å². The van der Waals surface area contributed by atoms with Gasteiger partial charge < -0.3 is 10.6 Å². The first kappa shape index (κ1) is 14.8. The summed E-state index contributed by atoms with van der Waals surface area (Å²) in [5.41, 5.74) is 9.45. The summed E-state index contributed by atoms with van der Waals surface area (Å²) in [4.78, 5) is 14.2. The van der Waals surface area contributed by atoms with Crippen LogP contribution >= 0.6 is 22.6 Å². The highest BCUT2D eigenvalue weighted by Crippen LogP contribution is 2.20. The maximum Gasteiger partial charge on any atom is 0.254 e. The van der Waals surface area contributed by atoms with E-state index >= 15 is 0 Å². The Morgan fingerprint density at radius 2 is 1.90 bits per heavy atom. The van der Waals surface area contributed by atoms with Gasteiger partial charge >= 0.3 is 0 Å². The summed E-state index contributed by atoms with van der Waals surface area (Å²) < 4.78 is 1.00. The van der Waals surface area contributed by atoms with Gasteiger partial charge in [0.15, 0.2) is 0 Å². The van der Waals surface area contributed by atoms with Crippen LogP contribution in [0, 0.1) is 10.5 Å².